The van der Waals surface area contributed by atoms with Crippen LogP contribution in [0.3, 0.4) is 0 Å². The Labute approximate surface area is 193 Å². The third kappa shape index (κ3) is 5.90. The highest BCUT2D eigenvalue weighted by Gasteiger charge is 2.19. The fourth-order valence-corrected chi connectivity index (χ4v) is 3.95. The SMILES string of the molecule is COc1ccc(NC(=O)c2ccc(OC)c(OC(F)F)c2)cc1NS(=O)(=O)c1ccc(F)cc1. The molecule has 0 aliphatic heterocycles. The van der Waals surface area contributed by atoms with Gasteiger partial charge in [0.05, 0.1) is 24.8 Å². The number of halogens is 3. The van der Waals surface area contributed by atoms with Crippen LogP contribution in [0.25, 0.3) is 0 Å². The third-order valence-electron chi connectivity index (χ3n) is 4.47. The van der Waals surface area contributed by atoms with Gasteiger partial charge in [0.2, 0.25) is 0 Å². The van der Waals surface area contributed by atoms with Crippen LogP contribution in [0.4, 0.5) is 24.5 Å². The summed E-state index contributed by atoms with van der Waals surface area (Å²) < 4.78 is 80.6. The minimum atomic E-state index is -4.10. The maximum atomic E-state index is 13.1. The average Bonchev–Trinajstić information content (AvgIpc) is 2.79. The summed E-state index contributed by atoms with van der Waals surface area (Å²) in [6.45, 7) is -3.12. The van der Waals surface area contributed by atoms with Crippen LogP contribution in [0.2, 0.25) is 0 Å². The zero-order valence-electron chi connectivity index (χ0n) is 17.8. The molecular weight excluding hydrogens is 477 g/mol. The van der Waals surface area contributed by atoms with E-state index in [2.05, 4.69) is 14.8 Å². The predicted molar refractivity (Wildman–Crippen MR) is 118 cm³/mol. The average molecular weight is 496 g/mol. The number of carbonyl (C=O) groups is 1. The van der Waals surface area contributed by atoms with E-state index in [9.17, 15) is 26.4 Å². The van der Waals surface area contributed by atoms with Crippen LogP contribution in [-0.4, -0.2) is 35.2 Å². The van der Waals surface area contributed by atoms with E-state index < -0.39 is 28.4 Å². The van der Waals surface area contributed by atoms with Crippen LogP contribution in [0.5, 0.6) is 17.2 Å². The summed E-state index contributed by atoms with van der Waals surface area (Å²) in [5, 5.41) is 2.54. The van der Waals surface area contributed by atoms with Crippen molar-refractivity contribution in [1.82, 2.24) is 0 Å². The Balaban J connectivity index is 1.86. The van der Waals surface area contributed by atoms with Gasteiger partial charge < -0.3 is 19.5 Å². The monoisotopic (exact) mass is 496 g/mol. The van der Waals surface area contributed by atoms with Crippen molar-refractivity contribution in [3.63, 3.8) is 0 Å². The topological polar surface area (TPSA) is 103 Å². The number of benzene rings is 3. The molecule has 1 amide bonds. The summed E-state index contributed by atoms with van der Waals surface area (Å²) in [5.41, 5.74) is 0.163. The number of hydrogen-bond donors (Lipinski definition) is 2. The summed E-state index contributed by atoms with van der Waals surface area (Å²) in [5.74, 6) is -1.44. The number of carbonyl (C=O) groups excluding carboxylic acids is 1. The lowest BCUT2D eigenvalue weighted by Gasteiger charge is -2.15. The molecule has 12 heteroatoms. The van der Waals surface area contributed by atoms with Gasteiger partial charge in [-0.2, -0.15) is 8.78 Å². The molecule has 0 aliphatic rings. The van der Waals surface area contributed by atoms with Crippen LogP contribution >= 0.6 is 0 Å². The van der Waals surface area contributed by atoms with Crippen molar-refractivity contribution in [3.8, 4) is 17.2 Å². The van der Waals surface area contributed by atoms with E-state index in [0.717, 1.165) is 30.3 Å². The number of sulfonamides is 1. The maximum Gasteiger partial charge on any atom is 0.387 e. The molecular formula is C22H19F3N2O6S. The fourth-order valence-electron chi connectivity index (χ4n) is 2.89. The smallest absolute Gasteiger partial charge is 0.387 e. The second kappa shape index (κ2) is 10.3. The van der Waals surface area contributed by atoms with Gasteiger partial charge in [0, 0.05) is 11.3 Å². The Hall–Kier alpha value is -3.93. The van der Waals surface area contributed by atoms with Crippen molar-refractivity contribution in [2.24, 2.45) is 0 Å². The third-order valence-corrected chi connectivity index (χ3v) is 5.85. The second-order valence-electron chi connectivity index (χ2n) is 6.67. The van der Waals surface area contributed by atoms with Crippen molar-refractivity contribution < 1.29 is 40.6 Å². The van der Waals surface area contributed by atoms with E-state index in [1.165, 1.54) is 44.6 Å². The summed E-state index contributed by atoms with van der Waals surface area (Å²) in [6.07, 6.45) is 0. The van der Waals surface area contributed by atoms with Gasteiger partial charge in [0.25, 0.3) is 15.9 Å². The largest absolute Gasteiger partial charge is 0.495 e. The van der Waals surface area contributed by atoms with Crippen molar-refractivity contribution in [1.29, 1.82) is 0 Å². The summed E-state index contributed by atoms with van der Waals surface area (Å²) in [6, 6.07) is 12.1. The standard InChI is InChI=1S/C22H19F3N2O6S/c1-31-18-10-6-15(12-17(18)27-34(29,30)16-7-4-14(23)5-8-16)26-21(28)13-3-9-19(32-2)20(11-13)33-22(24)25/h3-12,22,27H,1-2H3,(H,26,28). The molecule has 0 fully saturated rings. The molecule has 3 rings (SSSR count). The van der Waals surface area contributed by atoms with Crippen LogP contribution in [0, 0.1) is 5.82 Å². The highest BCUT2D eigenvalue weighted by molar-refractivity contribution is 7.92. The fraction of sp³-hybridized carbons (Fsp3) is 0.136. The van der Waals surface area contributed by atoms with E-state index in [4.69, 9.17) is 9.47 Å². The molecule has 0 saturated heterocycles. The number of methoxy groups -OCH3 is 2. The Kier molecular flexibility index (Phi) is 7.51. The number of alkyl halides is 2. The molecule has 0 unspecified atom stereocenters. The Morgan fingerprint density at radius 1 is 0.882 bits per heavy atom. The van der Waals surface area contributed by atoms with Crippen molar-refractivity contribution in [2.75, 3.05) is 24.3 Å². The normalized spacial score (nSPS) is 11.1. The van der Waals surface area contributed by atoms with Gasteiger partial charge in [-0.1, -0.05) is 0 Å². The number of amides is 1. The number of anilines is 2. The number of ether oxygens (including phenoxy) is 3. The molecule has 8 nitrogen and oxygen atoms in total. The first-order valence-electron chi connectivity index (χ1n) is 9.53. The summed E-state index contributed by atoms with van der Waals surface area (Å²) >= 11 is 0. The van der Waals surface area contributed by atoms with Crippen molar-refractivity contribution >= 4 is 27.3 Å². The minimum absolute atomic E-state index is 0.000999. The lowest BCUT2D eigenvalue weighted by Crippen LogP contribution is -2.15. The summed E-state index contributed by atoms with van der Waals surface area (Å²) in [4.78, 5) is 12.5. The molecule has 3 aromatic carbocycles. The molecule has 0 heterocycles. The van der Waals surface area contributed by atoms with Crippen LogP contribution < -0.4 is 24.2 Å². The van der Waals surface area contributed by atoms with E-state index in [0.29, 0.717) is 0 Å². The quantitative estimate of drug-likeness (QED) is 0.452. The maximum absolute atomic E-state index is 13.1. The van der Waals surface area contributed by atoms with Crippen LogP contribution in [0.1, 0.15) is 10.4 Å². The van der Waals surface area contributed by atoms with Gasteiger partial charge in [-0.25, -0.2) is 12.8 Å². The van der Waals surface area contributed by atoms with Crippen molar-refractivity contribution in [2.45, 2.75) is 11.5 Å². The molecule has 2 N–H and O–H groups in total. The molecule has 0 bridgehead atoms. The molecule has 180 valence electrons. The van der Waals surface area contributed by atoms with E-state index >= 15 is 0 Å². The highest BCUT2D eigenvalue weighted by Crippen LogP contribution is 2.32. The van der Waals surface area contributed by atoms with E-state index in [-0.39, 0.29) is 39.1 Å². The first-order chi connectivity index (χ1) is 16.1. The Morgan fingerprint density at radius 2 is 1.53 bits per heavy atom. The molecule has 0 aliphatic carbocycles. The van der Waals surface area contributed by atoms with E-state index in [1.54, 1.807) is 0 Å². The first-order valence-corrected chi connectivity index (χ1v) is 11.0. The molecule has 0 radical (unpaired) electrons. The highest BCUT2D eigenvalue weighted by atomic mass is 32.2. The second-order valence-corrected chi connectivity index (χ2v) is 8.36. The predicted octanol–water partition coefficient (Wildman–Crippen LogP) is 4.50. The van der Waals surface area contributed by atoms with Crippen LogP contribution in [0.15, 0.2) is 65.6 Å². The molecule has 0 spiro atoms. The zero-order chi connectivity index (χ0) is 24.9. The van der Waals surface area contributed by atoms with E-state index in [1.807, 2.05) is 0 Å². The van der Waals surface area contributed by atoms with Gasteiger partial charge in [-0.05, 0) is 60.7 Å². The molecule has 0 saturated carbocycles. The number of hydrogen-bond acceptors (Lipinski definition) is 6. The molecule has 34 heavy (non-hydrogen) atoms. The van der Waals surface area contributed by atoms with Gasteiger partial charge in [-0.15, -0.1) is 0 Å². The lowest BCUT2D eigenvalue weighted by atomic mass is 10.1. The number of nitrogens with one attached hydrogen (secondary N) is 2. The first kappa shape index (κ1) is 24.7. The van der Waals surface area contributed by atoms with Gasteiger partial charge >= 0.3 is 6.61 Å². The van der Waals surface area contributed by atoms with Gasteiger partial charge in [0.15, 0.2) is 11.5 Å². The Bertz CT molecular complexity index is 1280. The van der Waals surface area contributed by atoms with Gasteiger partial charge in [0.1, 0.15) is 11.6 Å². The lowest BCUT2D eigenvalue weighted by molar-refractivity contribution is -0.0512. The van der Waals surface area contributed by atoms with Gasteiger partial charge in [-0.3, -0.25) is 9.52 Å². The zero-order valence-corrected chi connectivity index (χ0v) is 18.7. The minimum Gasteiger partial charge on any atom is -0.495 e. The molecule has 0 aromatic heterocycles. The molecule has 0 atom stereocenters. The molecule has 3 aromatic rings. The summed E-state index contributed by atoms with van der Waals surface area (Å²) in [7, 11) is -1.51. The Morgan fingerprint density at radius 3 is 2.15 bits per heavy atom. The van der Waals surface area contributed by atoms with Crippen molar-refractivity contribution in [3.05, 3.63) is 72.0 Å². The number of rotatable bonds is 9. The van der Waals surface area contributed by atoms with Crippen LogP contribution in [-0.2, 0) is 10.0 Å².